The molecule has 0 aliphatic rings. The number of halogens is 2. The molecular weight excluding hydrogens is 299 g/mol. The molecule has 0 aliphatic carbocycles. The molecule has 0 atom stereocenters. The zero-order valence-corrected chi connectivity index (χ0v) is 11.4. The molecule has 1 heterocycles. The Bertz CT molecular complexity index is 693. The second kappa shape index (κ2) is 6.32. The van der Waals surface area contributed by atoms with Gasteiger partial charge in [0.2, 0.25) is 5.95 Å². The second-order valence-electron chi connectivity index (χ2n) is 4.13. The number of amides is 1. The van der Waals surface area contributed by atoms with E-state index < -0.39 is 24.4 Å². The van der Waals surface area contributed by atoms with Crippen LogP contribution in [-0.4, -0.2) is 28.5 Å². The fourth-order valence-corrected chi connectivity index (χ4v) is 1.94. The highest BCUT2D eigenvalue weighted by molar-refractivity contribution is 6.31. The van der Waals surface area contributed by atoms with E-state index in [4.69, 9.17) is 16.7 Å². The molecule has 1 aromatic carbocycles. The van der Waals surface area contributed by atoms with Crippen molar-refractivity contribution in [2.45, 2.75) is 0 Å². The minimum absolute atomic E-state index is 0.00345. The monoisotopic (exact) mass is 308 g/mol. The topological polar surface area (TPSA) is 70.5 Å². The number of carboxylic acids is 1. The second-order valence-corrected chi connectivity index (χ2v) is 4.57. The minimum Gasteiger partial charge on any atom is -0.480 e. The van der Waals surface area contributed by atoms with E-state index in [1.807, 2.05) is 0 Å². The van der Waals surface area contributed by atoms with Gasteiger partial charge in [0.25, 0.3) is 5.91 Å². The predicted octanol–water partition coefficient (Wildman–Crippen LogP) is 2.61. The number of carbonyl (C=O) groups excluding carboxylic acids is 1. The first-order valence-electron chi connectivity index (χ1n) is 5.88. The van der Waals surface area contributed by atoms with Gasteiger partial charge < -0.3 is 5.11 Å². The largest absolute Gasteiger partial charge is 0.480 e. The highest BCUT2D eigenvalue weighted by atomic mass is 35.5. The average molecular weight is 309 g/mol. The van der Waals surface area contributed by atoms with Crippen molar-refractivity contribution in [2.24, 2.45) is 0 Å². The Hall–Kier alpha value is -2.47. The molecule has 0 fully saturated rings. The van der Waals surface area contributed by atoms with Gasteiger partial charge in [-0.25, -0.2) is 4.98 Å². The van der Waals surface area contributed by atoms with Crippen molar-refractivity contribution in [3.8, 4) is 0 Å². The van der Waals surface area contributed by atoms with Gasteiger partial charge in [0.05, 0.1) is 0 Å². The molecule has 0 saturated heterocycles. The van der Waals surface area contributed by atoms with Crippen molar-refractivity contribution in [3.05, 3.63) is 59.1 Å². The average Bonchev–Trinajstić information content (AvgIpc) is 2.44. The number of hydrogen-bond acceptors (Lipinski definition) is 3. The van der Waals surface area contributed by atoms with Crippen molar-refractivity contribution >= 4 is 29.2 Å². The molecule has 0 aliphatic heterocycles. The lowest BCUT2D eigenvalue weighted by atomic mass is 10.2. The molecule has 1 N–H and O–H groups in total. The summed E-state index contributed by atoms with van der Waals surface area (Å²) in [7, 11) is 0. The van der Waals surface area contributed by atoms with Crippen LogP contribution in [-0.2, 0) is 4.79 Å². The summed E-state index contributed by atoms with van der Waals surface area (Å²) >= 11 is 5.85. The molecule has 1 aromatic heterocycles. The molecule has 0 radical (unpaired) electrons. The SMILES string of the molecule is O=C(O)CN(C(=O)c1ccnc(F)c1)c1cccc(Cl)c1. The lowest BCUT2D eigenvalue weighted by molar-refractivity contribution is -0.135. The lowest BCUT2D eigenvalue weighted by Crippen LogP contribution is -2.35. The number of anilines is 1. The van der Waals surface area contributed by atoms with E-state index in [1.165, 1.54) is 12.1 Å². The molecular formula is C14H10ClFN2O3. The Labute approximate surface area is 124 Å². The number of hydrogen-bond donors (Lipinski definition) is 1. The zero-order chi connectivity index (χ0) is 15.4. The van der Waals surface area contributed by atoms with Crippen molar-refractivity contribution < 1.29 is 19.1 Å². The fourth-order valence-electron chi connectivity index (χ4n) is 1.75. The Morgan fingerprint density at radius 3 is 2.67 bits per heavy atom. The third kappa shape index (κ3) is 3.76. The van der Waals surface area contributed by atoms with Gasteiger partial charge in [-0.05, 0) is 24.3 Å². The summed E-state index contributed by atoms with van der Waals surface area (Å²) < 4.78 is 13.1. The summed E-state index contributed by atoms with van der Waals surface area (Å²) in [4.78, 5) is 27.7. The van der Waals surface area contributed by atoms with Gasteiger partial charge in [-0.15, -0.1) is 0 Å². The maximum absolute atomic E-state index is 13.1. The summed E-state index contributed by atoms with van der Waals surface area (Å²) in [5, 5.41) is 9.31. The van der Waals surface area contributed by atoms with E-state index in [-0.39, 0.29) is 5.56 Å². The Balaban J connectivity index is 2.40. The maximum atomic E-state index is 13.1. The summed E-state index contributed by atoms with van der Waals surface area (Å²) in [6.07, 6.45) is 1.14. The zero-order valence-electron chi connectivity index (χ0n) is 10.7. The number of benzene rings is 1. The number of nitrogens with zero attached hydrogens (tertiary/aromatic N) is 2. The number of pyridine rings is 1. The first-order valence-corrected chi connectivity index (χ1v) is 6.26. The highest BCUT2D eigenvalue weighted by Gasteiger charge is 2.21. The van der Waals surface area contributed by atoms with Gasteiger partial charge in [0, 0.05) is 28.5 Å². The molecule has 2 rings (SSSR count). The lowest BCUT2D eigenvalue weighted by Gasteiger charge is -2.21. The van der Waals surface area contributed by atoms with Crippen molar-refractivity contribution in [1.29, 1.82) is 0 Å². The molecule has 2 aromatic rings. The molecule has 7 heteroatoms. The van der Waals surface area contributed by atoms with E-state index in [0.717, 1.165) is 17.2 Å². The molecule has 21 heavy (non-hydrogen) atoms. The van der Waals surface area contributed by atoms with E-state index in [2.05, 4.69) is 4.98 Å². The Morgan fingerprint density at radius 1 is 1.29 bits per heavy atom. The first kappa shape index (κ1) is 14.9. The summed E-state index contributed by atoms with van der Waals surface area (Å²) in [6, 6.07) is 8.45. The standard InChI is InChI=1S/C14H10ClFN2O3/c15-10-2-1-3-11(7-10)18(8-13(19)20)14(21)9-4-5-17-12(16)6-9/h1-7H,8H2,(H,19,20). The van der Waals surface area contributed by atoms with Gasteiger partial charge in [-0.2, -0.15) is 4.39 Å². The number of carboxylic acid groups (broad SMARTS) is 1. The smallest absolute Gasteiger partial charge is 0.323 e. The van der Waals surface area contributed by atoms with Crippen molar-refractivity contribution in [1.82, 2.24) is 4.98 Å². The highest BCUT2D eigenvalue weighted by Crippen LogP contribution is 2.21. The van der Waals surface area contributed by atoms with Crippen LogP contribution >= 0.6 is 11.6 Å². The van der Waals surface area contributed by atoms with Crippen LogP contribution in [0.2, 0.25) is 5.02 Å². The van der Waals surface area contributed by atoms with Crippen LogP contribution in [0.15, 0.2) is 42.6 Å². The number of aliphatic carboxylic acids is 1. The van der Waals surface area contributed by atoms with Crippen LogP contribution < -0.4 is 4.90 Å². The van der Waals surface area contributed by atoms with Crippen LogP contribution in [0.5, 0.6) is 0 Å². The molecule has 0 bridgehead atoms. The van der Waals surface area contributed by atoms with E-state index in [1.54, 1.807) is 18.2 Å². The van der Waals surface area contributed by atoms with Gasteiger partial charge in [-0.1, -0.05) is 17.7 Å². The van der Waals surface area contributed by atoms with Crippen molar-refractivity contribution in [2.75, 3.05) is 11.4 Å². The van der Waals surface area contributed by atoms with Crippen molar-refractivity contribution in [3.63, 3.8) is 0 Å². The molecule has 0 unspecified atom stereocenters. The molecule has 108 valence electrons. The minimum atomic E-state index is -1.20. The van der Waals surface area contributed by atoms with Gasteiger partial charge in [-0.3, -0.25) is 14.5 Å². The number of carbonyl (C=O) groups is 2. The Morgan fingerprint density at radius 2 is 2.05 bits per heavy atom. The van der Waals surface area contributed by atoms with Crippen LogP contribution in [0, 0.1) is 5.95 Å². The predicted molar refractivity (Wildman–Crippen MR) is 75.0 cm³/mol. The summed E-state index contributed by atoms with van der Waals surface area (Å²) in [5.74, 6) is -2.67. The third-order valence-electron chi connectivity index (χ3n) is 2.63. The Kier molecular flexibility index (Phi) is 4.49. The number of aromatic nitrogens is 1. The van der Waals surface area contributed by atoms with Gasteiger partial charge in [0.15, 0.2) is 0 Å². The van der Waals surface area contributed by atoms with Gasteiger partial charge >= 0.3 is 5.97 Å². The fraction of sp³-hybridized carbons (Fsp3) is 0.0714. The van der Waals surface area contributed by atoms with Crippen LogP contribution in [0.3, 0.4) is 0 Å². The molecule has 5 nitrogen and oxygen atoms in total. The maximum Gasteiger partial charge on any atom is 0.323 e. The summed E-state index contributed by atoms with van der Waals surface area (Å²) in [5.41, 5.74) is 0.316. The van der Waals surface area contributed by atoms with Crippen LogP contribution in [0.1, 0.15) is 10.4 Å². The van der Waals surface area contributed by atoms with E-state index in [9.17, 15) is 14.0 Å². The molecule has 0 spiro atoms. The van der Waals surface area contributed by atoms with E-state index >= 15 is 0 Å². The molecule has 1 amide bonds. The normalized spacial score (nSPS) is 10.2. The quantitative estimate of drug-likeness (QED) is 0.881. The summed E-state index contributed by atoms with van der Waals surface area (Å²) in [6.45, 7) is -0.566. The van der Waals surface area contributed by atoms with Gasteiger partial charge in [0.1, 0.15) is 6.54 Å². The number of rotatable bonds is 4. The van der Waals surface area contributed by atoms with E-state index in [0.29, 0.717) is 10.7 Å². The first-order chi connectivity index (χ1) is 9.97. The van der Waals surface area contributed by atoms with Crippen LogP contribution in [0.4, 0.5) is 10.1 Å². The van der Waals surface area contributed by atoms with Crippen LogP contribution in [0.25, 0.3) is 0 Å². The third-order valence-corrected chi connectivity index (χ3v) is 2.87. The molecule has 0 saturated carbocycles.